The number of benzene rings is 1. The minimum Gasteiger partial charge on any atom is -0.347 e. The van der Waals surface area contributed by atoms with Crippen molar-refractivity contribution in [3.8, 4) is 0 Å². The third-order valence-electron chi connectivity index (χ3n) is 5.56. The molecule has 1 fully saturated rings. The van der Waals surface area contributed by atoms with Gasteiger partial charge in [-0.3, -0.25) is 14.4 Å². The maximum atomic E-state index is 12.9. The van der Waals surface area contributed by atoms with Gasteiger partial charge >= 0.3 is 0 Å². The average Bonchev–Trinajstić information content (AvgIpc) is 3.32. The maximum Gasteiger partial charge on any atom is 0.242 e. The first kappa shape index (κ1) is 23.7. The zero-order chi connectivity index (χ0) is 22.8. The van der Waals surface area contributed by atoms with Crippen LogP contribution in [0.15, 0.2) is 48.7 Å². The van der Waals surface area contributed by atoms with Crippen LogP contribution in [0.25, 0.3) is 0 Å². The van der Waals surface area contributed by atoms with Gasteiger partial charge in [-0.2, -0.15) is 0 Å². The number of amides is 3. The Balaban J connectivity index is 1.44. The summed E-state index contributed by atoms with van der Waals surface area (Å²) < 4.78 is 0. The monoisotopic (exact) mass is 456 g/mol. The van der Waals surface area contributed by atoms with Crippen LogP contribution in [0, 0.1) is 0 Å². The van der Waals surface area contributed by atoms with Gasteiger partial charge in [0.25, 0.3) is 0 Å². The topological polar surface area (TPSA) is 91.4 Å². The van der Waals surface area contributed by atoms with E-state index in [1.165, 1.54) is 0 Å². The Morgan fingerprint density at radius 3 is 2.44 bits per heavy atom. The lowest BCUT2D eigenvalue weighted by molar-refractivity contribution is -0.135. The summed E-state index contributed by atoms with van der Waals surface area (Å²) in [6, 6.07) is 12.9. The quantitative estimate of drug-likeness (QED) is 0.566. The highest BCUT2D eigenvalue weighted by Crippen LogP contribution is 2.26. The smallest absolute Gasteiger partial charge is 0.242 e. The van der Waals surface area contributed by atoms with Crippen LogP contribution in [0.1, 0.15) is 50.5 Å². The summed E-state index contributed by atoms with van der Waals surface area (Å²) in [5, 5.41) is 6.02. The highest BCUT2D eigenvalue weighted by molar-refractivity contribution is 6.31. The van der Waals surface area contributed by atoms with Crippen LogP contribution in [0.4, 0.5) is 5.82 Å². The van der Waals surface area contributed by atoms with Crippen molar-refractivity contribution in [2.75, 3.05) is 11.9 Å². The molecule has 2 N–H and O–H groups in total. The second-order valence-corrected chi connectivity index (χ2v) is 8.35. The van der Waals surface area contributed by atoms with Crippen molar-refractivity contribution in [3.63, 3.8) is 0 Å². The molecule has 0 aliphatic heterocycles. The van der Waals surface area contributed by atoms with E-state index in [1.807, 2.05) is 29.2 Å². The van der Waals surface area contributed by atoms with Crippen molar-refractivity contribution in [2.24, 2.45) is 0 Å². The normalized spacial score (nSPS) is 13.5. The van der Waals surface area contributed by atoms with Crippen LogP contribution in [0.3, 0.4) is 0 Å². The molecule has 32 heavy (non-hydrogen) atoms. The van der Waals surface area contributed by atoms with Gasteiger partial charge in [-0.15, -0.1) is 0 Å². The number of pyridine rings is 1. The lowest BCUT2D eigenvalue weighted by Gasteiger charge is -2.29. The number of nitrogens with zero attached hydrogens (tertiary/aromatic N) is 2. The fourth-order valence-corrected chi connectivity index (χ4v) is 4.06. The Kier molecular flexibility index (Phi) is 9.04. The summed E-state index contributed by atoms with van der Waals surface area (Å²) in [6.07, 6.45) is 6.51. The largest absolute Gasteiger partial charge is 0.347 e. The van der Waals surface area contributed by atoms with E-state index in [-0.39, 0.29) is 43.1 Å². The van der Waals surface area contributed by atoms with E-state index >= 15 is 0 Å². The van der Waals surface area contributed by atoms with Gasteiger partial charge in [0, 0.05) is 36.6 Å². The first-order valence-corrected chi connectivity index (χ1v) is 11.4. The van der Waals surface area contributed by atoms with Crippen LogP contribution >= 0.6 is 11.6 Å². The molecule has 1 aromatic carbocycles. The lowest BCUT2D eigenvalue weighted by atomic mass is 10.1. The van der Waals surface area contributed by atoms with E-state index in [1.54, 1.807) is 24.4 Å². The summed E-state index contributed by atoms with van der Waals surface area (Å²) in [5.74, 6) is -0.0658. The van der Waals surface area contributed by atoms with Crippen LogP contribution < -0.4 is 10.6 Å². The number of rotatable bonds is 10. The minimum absolute atomic E-state index is 0.0556. The Hall–Kier alpha value is -2.93. The Morgan fingerprint density at radius 2 is 1.72 bits per heavy atom. The molecule has 1 aliphatic carbocycles. The van der Waals surface area contributed by atoms with Crippen LogP contribution in [-0.2, 0) is 20.9 Å². The number of hydrogen-bond donors (Lipinski definition) is 2. The number of carbonyl (C=O) groups excluding carboxylic acids is 3. The number of nitrogens with one attached hydrogen (secondary N) is 2. The van der Waals surface area contributed by atoms with Gasteiger partial charge < -0.3 is 15.5 Å². The molecule has 2 aromatic rings. The van der Waals surface area contributed by atoms with Crippen LogP contribution in [0.5, 0.6) is 0 Å². The number of hydrogen-bond acceptors (Lipinski definition) is 4. The SMILES string of the molecule is O=C(CCCC(=O)Nc1ccccn1)NCC(=O)N(Cc1ccccc1Cl)C1CCCC1. The average molecular weight is 457 g/mol. The van der Waals surface area contributed by atoms with Crippen molar-refractivity contribution in [1.29, 1.82) is 0 Å². The minimum atomic E-state index is -0.242. The molecule has 0 unspecified atom stereocenters. The van der Waals surface area contributed by atoms with E-state index in [0.717, 1.165) is 31.2 Å². The van der Waals surface area contributed by atoms with Crippen molar-refractivity contribution >= 4 is 35.1 Å². The van der Waals surface area contributed by atoms with Gasteiger partial charge in [-0.05, 0) is 43.0 Å². The Bertz CT molecular complexity index is 916. The molecule has 3 rings (SSSR count). The van der Waals surface area contributed by atoms with Crippen molar-refractivity contribution in [1.82, 2.24) is 15.2 Å². The summed E-state index contributed by atoms with van der Waals surface area (Å²) >= 11 is 6.30. The molecule has 1 heterocycles. The van der Waals surface area contributed by atoms with Crippen molar-refractivity contribution in [3.05, 3.63) is 59.2 Å². The van der Waals surface area contributed by atoms with Crippen molar-refractivity contribution in [2.45, 2.75) is 57.5 Å². The van der Waals surface area contributed by atoms with E-state index in [4.69, 9.17) is 11.6 Å². The third kappa shape index (κ3) is 7.34. The molecule has 1 aromatic heterocycles. The Labute approximate surface area is 193 Å². The van der Waals surface area contributed by atoms with Gasteiger partial charge in [0.15, 0.2) is 0 Å². The molecule has 1 aliphatic rings. The van der Waals surface area contributed by atoms with E-state index < -0.39 is 0 Å². The predicted molar refractivity (Wildman–Crippen MR) is 124 cm³/mol. The summed E-state index contributed by atoms with van der Waals surface area (Å²) in [5.41, 5.74) is 0.902. The maximum absolute atomic E-state index is 12.9. The zero-order valence-electron chi connectivity index (χ0n) is 18.1. The summed E-state index contributed by atoms with van der Waals surface area (Å²) in [4.78, 5) is 42.9. The standard InChI is InChI=1S/C24H29ClN4O3/c25-20-11-4-1-8-18(20)17-29(19-9-2-3-10-19)24(32)16-27-22(30)13-7-14-23(31)28-21-12-5-6-15-26-21/h1,4-6,8,11-12,15,19H,2-3,7,9-10,13-14,16-17H2,(H,27,30)(H,26,28,31). The van der Waals surface area contributed by atoms with Gasteiger partial charge in [0.2, 0.25) is 17.7 Å². The molecule has 3 amide bonds. The van der Waals surface area contributed by atoms with E-state index in [9.17, 15) is 14.4 Å². The molecule has 0 spiro atoms. The summed E-state index contributed by atoms with van der Waals surface area (Å²) in [7, 11) is 0. The van der Waals surface area contributed by atoms with Crippen LogP contribution in [0.2, 0.25) is 5.02 Å². The molecule has 0 atom stereocenters. The molecule has 0 radical (unpaired) electrons. The predicted octanol–water partition coefficient (Wildman–Crippen LogP) is 3.93. The van der Waals surface area contributed by atoms with Crippen LogP contribution in [-0.4, -0.2) is 40.2 Å². The van der Waals surface area contributed by atoms with Crippen molar-refractivity contribution < 1.29 is 14.4 Å². The van der Waals surface area contributed by atoms with Gasteiger partial charge in [0.1, 0.15) is 5.82 Å². The zero-order valence-corrected chi connectivity index (χ0v) is 18.8. The third-order valence-corrected chi connectivity index (χ3v) is 5.93. The number of anilines is 1. The fourth-order valence-electron chi connectivity index (χ4n) is 3.86. The van der Waals surface area contributed by atoms with E-state index in [2.05, 4.69) is 15.6 Å². The molecule has 0 saturated heterocycles. The molecular formula is C24H29ClN4O3. The first-order chi connectivity index (χ1) is 15.5. The first-order valence-electron chi connectivity index (χ1n) is 11.0. The molecule has 0 bridgehead atoms. The Morgan fingerprint density at radius 1 is 1.00 bits per heavy atom. The van der Waals surface area contributed by atoms with Gasteiger partial charge in [-0.1, -0.05) is 48.7 Å². The van der Waals surface area contributed by atoms with Gasteiger partial charge in [-0.25, -0.2) is 4.98 Å². The molecule has 7 nitrogen and oxygen atoms in total. The van der Waals surface area contributed by atoms with Gasteiger partial charge in [0.05, 0.1) is 6.54 Å². The highest BCUT2D eigenvalue weighted by Gasteiger charge is 2.27. The molecular weight excluding hydrogens is 428 g/mol. The number of aromatic nitrogens is 1. The number of halogens is 1. The highest BCUT2D eigenvalue weighted by atomic mass is 35.5. The second-order valence-electron chi connectivity index (χ2n) is 7.94. The molecule has 170 valence electrons. The fraction of sp³-hybridized carbons (Fsp3) is 0.417. The number of carbonyl (C=O) groups is 3. The molecule has 8 heteroatoms. The molecule has 1 saturated carbocycles. The second kappa shape index (κ2) is 12.2. The summed E-state index contributed by atoms with van der Waals surface area (Å²) in [6.45, 7) is 0.382. The lowest BCUT2D eigenvalue weighted by Crippen LogP contribution is -2.44. The van der Waals surface area contributed by atoms with E-state index in [0.29, 0.717) is 23.8 Å².